The molecule has 0 bridgehead atoms. The Balaban J connectivity index is 2.25. The van der Waals surface area contributed by atoms with Gasteiger partial charge in [-0.2, -0.15) is 0 Å². The Hall–Kier alpha value is -1.84. The number of aryl methyl sites for hydroxylation is 1. The number of ether oxygens (including phenoxy) is 1. The fraction of sp³-hybridized carbons (Fsp3) is 0.652. The monoisotopic (exact) mass is 374 g/mol. The summed E-state index contributed by atoms with van der Waals surface area (Å²) in [5.41, 5.74) is 2.71. The Labute approximate surface area is 163 Å². The molecule has 2 rings (SSSR count). The maximum Gasteiger partial charge on any atom is 0.303 e. The number of carboxylic acid groups (broad SMARTS) is 1. The Bertz CT molecular complexity index is 675. The first-order valence-electron chi connectivity index (χ1n) is 10.4. The molecule has 0 saturated carbocycles. The van der Waals surface area contributed by atoms with Crippen molar-refractivity contribution in [1.82, 2.24) is 0 Å². The SMILES string of the molecule is CCCCCCc1cc2c(cc1OC(CC)CCC(=O)O)C(=O)C(C)(C)C2. The van der Waals surface area contributed by atoms with Gasteiger partial charge in [0.1, 0.15) is 5.75 Å². The van der Waals surface area contributed by atoms with Crippen molar-refractivity contribution >= 4 is 11.8 Å². The van der Waals surface area contributed by atoms with Gasteiger partial charge in [0.2, 0.25) is 0 Å². The van der Waals surface area contributed by atoms with Crippen molar-refractivity contribution in [2.45, 2.75) is 91.6 Å². The number of hydrogen-bond donors (Lipinski definition) is 1. The highest BCUT2D eigenvalue weighted by atomic mass is 16.5. The number of carbonyl (C=O) groups is 2. The second-order valence-corrected chi connectivity index (χ2v) is 8.40. The van der Waals surface area contributed by atoms with E-state index >= 15 is 0 Å². The number of carboxylic acids is 1. The number of benzene rings is 1. The van der Waals surface area contributed by atoms with Crippen molar-refractivity contribution in [2.75, 3.05) is 0 Å². The van der Waals surface area contributed by atoms with Crippen molar-refractivity contribution in [1.29, 1.82) is 0 Å². The molecule has 4 heteroatoms. The Morgan fingerprint density at radius 1 is 1.22 bits per heavy atom. The van der Waals surface area contributed by atoms with E-state index in [-0.39, 0.29) is 23.7 Å². The number of Topliss-reactive ketones (excluding diaryl/α,β-unsaturated/α-hetero) is 1. The van der Waals surface area contributed by atoms with E-state index in [1.807, 2.05) is 26.8 Å². The number of unbranched alkanes of at least 4 members (excludes halogenated alkanes) is 3. The lowest BCUT2D eigenvalue weighted by molar-refractivity contribution is -0.137. The van der Waals surface area contributed by atoms with Crippen LogP contribution in [0.25, 0.3) is 0 Å². The second-order valence-electron chi connectivity index (χ2n) is 8.40. The molecule has 1 aromatic carbocycles. The van der Waals surface area contributed by atoms with Crippen LogP contribution >= 0.6 is 0 Å². The van der Waals surface area contributed by atoms with Gasteiger partial charge in [-0.05, 0) is 49.3 Å². The van der Waals surface area contributed by atoms with Crippen LogP contribution in [-0.4, -0.2) is 23.0 Å². The van der Waals surface area contributed by atoms with Crippen molar-refractivity contribution in [3.8, 4) is 5.75 Å². The van der Waals surface area contributed by atoms with E-state index in [1.165, 1.54) is 19.3 Å². The highest BCUT2D eigenvalue weighted by Crippen LogP contribution is 2.40. The molecule has 0 heterocycles. The van der Waals surface area contributed by atoms with E-state index < -0.39 is 5.97 Å². The van der Waals surface area contributed by atoms with E-state index in [1.54, 1.807) is 0 Å². The molecule has 0 saturated heterocycles. The fourth-order valence-electron chi connectivity index (χ4n) is 3.81. The summed E-state index contributed by atoms with van der Waals surface area (Å²) in [6, 6.07) is 4.08. The van der Waals surface area contributed by atoms with Gasteiger partial charge in [0.05, 0.1) is 6.10 Å². The van der Waals surface area contributed by atoms with E-state index in [2.05, 4.69) is 13.0 Å². The molecule has 0 radical (unpaired) electrons. The lowest BCUT2D eigenvalue weighted by Gasteiger charge is -2.20. The van der Waals surface area contributed by atoms with Crippen LogP contribution in [0.5, 0.6) is 5.75 Å². The average Bonchev–Trinajstić information content (AvgIpc) is 2.84. The molecule has 1 unspecified atom stereocenters. The number of ketones is 1. The molecular formula is C23H34O4. The molecule has 0 spiro atoms. The zero-order valence-electron chi connectivity index (χ0n) is 17.3. The van der Waals surface area contributed by atoms with Gasteiger partial charge in [-0.3, -0.25) is 9.59 Å². The third kappa shape index (κ3) is 5.57. The van der Waals surface area contributed by atoms with Gasteiger partial charge in [-0.25, -0.2) is 0 Å². The van der Waals surface area contributed by atoms with Crippen LogP contribution in [0.4, 0.5) is 0 Å². The summed E-state index contributed by atoms with van der Waals surface area (Å²) in [7, 11) is 0. The van der Waals surface area contributed by atoms with Crippen LogP contribution in [0.1, 0.15) is 94.1 Å². The summed E-state index contributed by atoms with van der Waals surface area (Å²) in [6.07, 6.45) is 7.62. The molecule has 1 aliphatic rings. The van der Waals surface area contributed by atoms with Gasteiger partial charge in [0.25, 0.3) is 0 Å². The van der Waals surface area contributed by atoms with E-state index in [9.17, 15) is 9.59 Å². The number of aliphatic carboxylic acids is 1. The predicted octanol–water partition coefficient (Wildman–Crippen LogP) is 5.60. The lowest BCUT2D eigenvalue weighted by atomic mass is 9.89. The van der Waals surface area contributed by atoms with Crippen molar-refractivity contribution in [3.05, 3.63) is 28.8 Å². The molecule has 1 N–H and O–H groups in total. The van der Waals surface area contributed by atoms with Gasteiger partial charge in [-0.15, -0.1) is 0 Å². The summed E-state index contributed by atoms with van der Waals surface area (Å²) in [5.74, 6) is 0.148. The number of hydrogen-bond acceptors (Lipinski definition) is 3. The van der Waals surface area contributed by atoms with Crippen molar-refractivity contribution in [3.63, 3.8) is 0 Å². The third-order valence-corrected chi connectivity index (χ3v) is 5.51. The normalized spacial score (nSPS) is 16.2. The third-order valence-electron chi connectivity index (χ3n) is 5.51. The molecule has 1 atom stereocenters. The predicted molar refractivity (Wildman–Crippen MR) is 108 cm³/mol. The summed E-state index contributed by atoms with van der Waals surface area (Å²) < 4.78 is 6.23. The molecule has 0 fully saturated rings. The summed E-state index contributed by atoms with van der Waals surface area (Å²) >= 11 is 0. The molecular weight excluding hydrogens is 340 g/mol. The zero-order chi connectivity index (χ0) is 20.0. The zero-order valence-corrected chi connectivity index (χ0v) is 17.3. The Kier molecular flexibility index (Phi) is 7.46. The number of fused-ring (bicyclic) bond motifs is 1. The minimum absolute atomic E-state index is 0.0985. The molecule has 0 amide bonds. The average molecular weight is 375 g/mol. The van der Waals surface area contributed by atoms with Crippen LogP contribution in [0.2, 0.25) is 0 Å². The van der Waals surface area contributed by atoms with Gasteiger partial charge < -0.3 is 9.84 Å². The standard InChI is InChI=1S/C23H34O4/c1-5-7-8-9-10-16-13-17-15-23(3,4)22(26)19(17)14-20(16)27-18(6-2)11-12-21(24)25/h13-14,18H,5-12,15H2,1-4H3,(H,24,25). The van der Waals surface area contributed by atoms with Gasteiger partial charge in [0, 0.05) is 17.4 Å². The van der Waals surface area contributed by atoms with E-state index in [0.717, 1.165) is 48.1 Å². The first-order valence-corrected chi connectivity index (χ1v) is 10.4. The minimum atomic E-state index is -0.803. The summed E-state index contributed by atoms with van der Waals surface area (Å²) in [5, 5.41) is 8.96. The smallest absolute Gasteiger partial charge is 0.303 e. The van der Waals surface area contributed by atoms with Crippen LogP contribution in [-0.2, 0) is 17.6 Å². The van der Waals surface area contributed by atoms with Crippen LogP contribution < -0.4 is 4.74 Å². The minimum Gasteiger partial charge on any atom is -0.490 e. The van der Waals surface area contributed by atoms with Crippen LogP contribution in [0.3, 0.4) is 0 Å². The maximum atomic E-state index is 12.7. The van der Waals surface area contributed by atoms with Crippen LogP contribution in [0.15, 0.2) is 12.1 Å². The highest BCUT2D eigenvalue weighted by Gasteiger charge is 2.38. The maximum absolute atomic E-state index is 12.7. The van der Waals surface area contributed by atoms with Crippen molar-refractivity contribution < 1.29 is 19.4 Å². The van der Waals surface area contributed by atoms with E-state index in [4.69, 9.17) is 9.84 Å². The molecule has 1 aliphatic carbocycles. The number of carbonyl (C=O) groups excluding carboxylic acids is 1. The molecule has 4 nitrogen and oxygen atoms in total. The molecule has 27 heavy (non-hydrogen) atoms. The molecule has 0 aliphatic heterocycles. The highest BCUT2D eigenvalue weighted by molar-refractivity contribution is 6.04. The van der Waals surface area contributed by atoms with Gasteiger partial charge >= 0.3 is 5.97 Å². The Morgan fingerprint density at radius 2 is 1.96 bits per heavy atom. The molecule has 150 valence electrons. The second kappa shape index (κ2) is 9.38. The number of rotatable bonds is 11. The first kappa shape index (κ1) is 21.5. The topological polar surface area (TPSA) is 63.6 Å². The summed E-state index contributed by atoms with van der Waals surface area (Å²) in [6.45, 7) is 8.21. The van der Waals surface area contributed by atoms with Gasteiger partial charge in [0.15, 0.2) is 5.78 Å². The largest absolute Gasteiger partial charge is 0.490 e. The Morgan fingerprint density at radius 3 is 2.59 bits per heavy atom. The quantitative estimate of drug-likeness (QED) is 0.512. The molecule has 0 aromatic heterocycles. The summed E-state index contributed by atoms with van der Waals surface area (Å²) in [4.78, 5) is 23.6. The lowest BCUT2D eigenvalue weighted by Crippen LogP contribution is -2.19. The van der Waals surface area contributed by atoms with Crippen molar-refractivity contribution in [2.24, 2.45) is 5.41 Å². The first-order chi connectivity index (χ1) is 12.8. The fourth-order valence-corrected chi connectivity index (χ4v) is 3.81. The molecule has 1 aromatic rings. The van der Waals surface area contributed by atoms with Gasteiger partial charge in [-0.1, -0.05) is 53.0 Å². The van der Waals surface area contributed by atoms with E-state index in [0.29, 0.717) is 6.42 Å². The van der Waals surface area contributed by atoms with Crippen LogP contribution in [0, 0.1) is 5.41 Å².